The molecule has 0 amide bonds. The standard InChI is InChI=1S/C21H30N4O/c1-21(2)16-18(10-15-26-21)23-17-8-13-24(14-9-17)19-4-6-20(7-5-19)25-12-3-11-22-25/h3-7,11-12,17-18,23H,8-10,13-16H2,1-2H3/t18-/m0/s1. The Labute approximate surface area is 156 Å². The quantitative estimate of drug-likeness (QED) is 0.914. The molecule has 1 aromatic carbocycles. The summed E-state index contributed by atoms with van der Waals surface area (Å²) in [6.45, 7) is 7.52. The van der Waals surface area contributed by atoms with Crippen molar-refractivity contribution in [1.82, 2.24) is 15.1 Å². The zero-order valence-corrected chi connectivity index (χ0v) is 15.9. The fourth-order valence-electron chi connectivity index (χ4n) is 4.25. The number of benzene rings is 1. The smallest absolute Gasteiger partial charge is 0.0647 e. The van der Waals surface area contributed by atoms with Crippen LogP contribution in [0.5, 0.6) is 0 Å². The minimum atomic E-state index is 0.0208. The molecule has 2 aromatic rings. The van der Waals surface area contributed by atoms with Crippen LogP contribution in [0.4, 0.5) is 5.69 Å². The van der Waals surface area contributed by atoms with Gasteiger partial charge in [-0.3, -0.25) is 0 Å². The lowest BCUT2D eigenvalue weighted by molar-refractivity contribution is -0.0644. The second kappa shape index (κ2) is 7.41. The van der Waals surface area contributed by atoms with Crippen LogP contribution in [0.25, 0.3) is 5.69 Å². The van der Waals surface area contributed by atoms with Crippen molar-refractivity contribution in [2.45, 2.75) is 57.2 Å². The summed E-state index contributed by atoms with van der Waals surface area (Å²) in [6.07, 6.45) is 8.45. The van der Waals surface area contributed by atoms with Gasteiger partial charge < -0.3 is 15.0 Å². The Hall–Kier alpha value is -1.85. The normalized spacial score (nSPS) is 23.9. The predicted octanol–water partition coefficient (Wildman–Crippen LogP) is 3.39. The number of aromatic nitrogens is 2. The molecular formula is C21H30N4O. The average molecular weight is 354 g/mol. The van der Waals surface area contributed by atoms with Crippen molar-refractivity contribution in [1.29, 1.82) is 0 Å². The molecule has 2 aliphatic rings. The van der Waals surface area contributed by atoms with E-state index in [4.69, 9.17) is 4.74 Å². The molecule has 2 saturated heterocycles. The fourth-order valence-corrected chi connectivity index (χ4v) is 4.25. The van der Waals surface area contributed by atoms with Gasteiger partial charge in [-0.25, -0.2) is 4.68 Å². The Balaban J connectivity index is 1.29. The Bertz CT molecular complexity index is 687. The fraction of sp³-hybridized carbons (Fsp3) is 0.571. The third-order valence-corrected chi connectivity index (χ3v) is 5.65. The van der Waals surface area contributed by atoms with Crippen molar-refractivity contribution in [3.63, 3.8) is 0 Å². The zero-order chi connectivity index (χ0) is 18.0. The molecule has 3 heterocycles. The number of piperidine rings is 1. The maximum atomic E-state index is 5.84. The van der Waals surface area contributed by atoms with E-state index in [1.54, 1.807) is 0 Å². The second-order valence-corrected chi connectivity index (χ2v) is 8.19. The number of anilines is 1. The molecule has 26 heavy (non-hydrogen) atoms. The van der Waals surface area contributed by atoms with E-state index in [2.05, 4.69) is 53.4 Å². The van der Waals surface area contributed by atoms with Crippen LogP contribution in [0.15, 0.2) is 42.7 Å². The SMILES string of the molecule is CC1(C)C[C@@H](NC2CCN(c3ccc(-n4cccn4)cc3)CC2)CCO1. The molecule has 1 aromatic heterocycles. The Morgan fingerprint density at radius 1 is 1.04 bits per heavy atom. The number of hydrogen-bond donors (Lipinski definition) is 1. The molecule has 0 unspecified atom stereocenters. The molecular weight excluding hydrogens is 324 g/mol. The van der Waals surface area contributed by atoms with Gasteiger partial charge in [0.05, 0.1) is 11.3 Å². The van der Waals surface area contributed by atoms with Gasteiger partial charge in [0.25, 0.3) is 0 Å². The number of nitrogens with zero attached hydrogens (tertiary/aromatic N) is 3. The van der Waals surface area contributed by atoms with Crippen LogP contribution in [-0.2, 0) is 4.74 Å². The van der Waals surface area contributed by atoms with Gasteiger partial charge in [-0.05, 0) is 69.9 Å². The summed E-state index contributed by atoms with van der Waals surface area (Å²) in [4.78, 5) is 2.50. The number of rotatable bonds is 4. The maximum absolute atomic E-state index is 5.84. The highest BCUT2D eigenvalue weighted by atomic mass is 16.5. The Morgan fingerprint density at radius 2 is 1.77 bits per heavy atom. The summed E-state index contributed by atoms with van der Waals surface area (Å²) in [6, 6.07) is 11.9. The van der Waals surface area contributed by atoms with Gasteiger partial charge in [-0.2, -0.15) is 5.10 Å². The highest BCUT2D eigenvalue weighted by molar-refractivity contribution is 5.51. The van der Waals surface area contributed by atoms with Gasteiger partial charge in [0, 0.05) is 49.9 Å². The monoisotopic (exact) mass is 354 g/mol. The van der Waals surface area contributed by atoms with E-state index in [0.717, 1.165) is 38.2 Å². The number of nitrogens with one attached hydrogen (secondary N) is 1. The summed E-state index contributed by atoms with van der Waals surface area (Å²) >= 11 is 0. The van der Waals surface area contributed by atoms with Gasteiger partial charge >= 0.3 is 0 Å². The first-order valence-electron chi connectivity index (χ1n) is 9.84. The summed E-state index contributed by atoms with van der Waals surface area (Å²) in [5.41, 5.74) is 2.44. The van der Waals surface area contributed by atoms with Crippen LogP contribution in [0.2, 0.25) is 0 Å². The van der Waals surface area contributed by atoms with Gasteiger partial charge in [-0.15, -0.1) is 0 Å². The van der Waals surface area contributed by atoms with E-state index in [1.807, 2.05) is 23.1 Å². The zero-order valence-electron chi connectivity index (χ0n) is 15.9. The number of ether oxygens (including phenoxy) is 1. The Kier molecular flexibility index (Phi) is 5.00. The third-order valence-electron chi connectivity index (χ3n) is 5.65. The first-order chi connectivity index (χ1) is 12.6. The lowest BCUT2D eigenvalue weighted by Gasteiger charge is -2.40. The average Bonchev–Trinajstić information content (AvgIpc) is 3.16. The van der Waals surface area contributed by atoms with Crippen LogP contribution in [0, 0.1) is 0 Å². The summed E-state index contributed by atoms with van der Waals surface area (Å²) in [5.74, 6) is 0. The highest BCUT2D eigenvalue weighted by Crippen LogP contribution is 2.26. The van der Waals surface area contributed by atoms with Gasteiger partial charge in [0.15, 0.2) is 0 Å². The van der Waals surface area contributed by atoms with Crippen molar-refractivity contribution in [2.24, 2.45) is 0 Å². The molecule has 4 rings (SSSR count). The molecule has 2 fully saturated rings. The van der Waals surface area contributed by atoms with E-state index in [-0.39, 0.29) is 5.60 Å². The molecule has 1 N–H and O–H groups in total. The van der Waals surface area contributed by atoms with Gasteiger partial charge in [0.2, 0.25) is 0 Å². The minimum Gasteiger partial charge on any atom is -0.375 e. The van der Waals surface area contributed by atoms with Gasteiger partial charge in [-0.1, -0.05) is 0 Å². The Morgan fingerprint density at radius 3 is 2.42 bits per heavy atom. The predicted molar refractivity (Wildman–Crippen MR) is 105 cm³/mol. The van der Waals surface area contributed by atoms with E-state index >= 15 is 0 Å². The molecule has 0 saturated carbocycles. The largest absolute Gasteiger partial charge is 0.375 e. The van der Waals surface area contributed by atoms with Crippen molar-refractivity contribution in [3.8, 4) is 5.69 Å². The van der Waals surface area contributed by atoms with Crippen LogP contribution in [-0.4, -0.2) is 47.2 Å². The molecule has 0 bridgehead atoms. The molecule has 140 valence electrons. The summed E-state index contributed by atoms with van der Waals surface area (Å²) < 4.78 is 7.74. The highest BCUT2D eigenvalue weighted by Gasteiger charge is 2.30. The minimum absolute atomic E-state index is 0.0208. The second-order valence-electron chi connectivity index (χ2n) is 8.19. The van der Waals surface area contributed by atoms with E-state index in [0.29, 0.717) is 12.1 Å². The van der Waals surface area contributed by atoms with Crippen LogP contribution in [0.1, 0.15) is 39.5 Å². The molecule has 0 aliphatic carbocycles. The van der Waals surface area contributed by atoms with Crippen LogP contribution in [0.3, 0.4) is 0 Å². The van der Waals surface area contributed by atoms with Crippen molar-refractivity contribution >= 4 is 5.69 Å². The lowest BCUT2D eigenvalue weighted by Crippen LogP contribution is -2.50. The molecule has 5 nitrogen and oxygen atoms in total. The summed E-state index contributed by atoms with van der Waals surface area (Å²) in [7, 11) is 0. The topological polar surface area (TPSA) is 42.3 Å². The first kappa shape index (κ1) is 17.6. The van der Waals surface area contributed by atoms with E-state index < -0.39 is 0 Å². The first-order valence-corrected chi connectivity index (χ1v) is 9.84. The van der Waals surface area contributed by atoms with Crippen molar-refractivity contribution in [3.05, 3.63) is 42.7 Å². The van der Waals surface area contributed by atoms with Crippen molar-refractivity contribution < 1.29 is 4.74 Å². The molecule has 5 heteroatoms. The van der Waals surface area contributed by atoms with Gasteiger partial charge in [0.1, 0.15) is 0 Å². The number of hydrogen-bond acceptors (Lipinski definition) is 4. The molecule has 0 spiro atoms. The molecule has 0 radical (unpaired) electrons. The van der Waals surface area contributed by atoms with Crippen molar-refractivity contribution in [2.75, 3.05) is 24.6 Å². The lowest BCUT2D eigenvalue weighted by atomic mass is 9.92. The van der Waals surface area contributed by atoms with E-state index in [1.165, 1.54) is 18.5 Å². The maximum Gasteiger partial charge on any atom is 0.0647 e. The van der Waals surface area contributed by atoms with Crippen LogP contribution >= 0.6 is 0 Å². The van der Waals surface area contributed by atoms with Crippen LogP contribution < -0.4 is 10.2 Å². The molecule has 1 atom stereocenters. The summed E-state index contributed by atoms with van der Waals surface area (Å²) in [5, 5.41) is 8.18. The van der Waals surface area contributed by atoms with E-state index in [9.17, 15) is 0 Å². The third kappa shape index (κ3) is 4.10. The molecule has 2 aliphatic heterocycles.